The number of carbonyl (C=O) groups is 1. The van der Waals surface area contributed by atoms with Gasteiger partial charge >= 0.3 is 11.7 Å². The van der Waals surface area contributed by atoms with Gasteiger partial charge in [0, 0.05) is 55.4 Å². The van der Waals surface area contributed by atoms with E-state index in [1.807, 2.05) is 23.1 Å². The first-order valence-electron chi connectivity index (χ1n) is 10.6. The van der Waals surface area contributed by atoms with E-state index in [1.165, 1.54) is 12.8 Å². The molecule has 29 heavy (non-hydrogen) atoms. The molecule has 0 unspecified atom stereocenters. The maximum absolute atomic E-state index is 12.5. The number of amides is 2. The number of hydrogen-bond donors (Lipinski definition) is 1. The van der Waals surface area contributed by atoms with Gasteiger partial charge in [0.25, 0.3) is 0 Å². The summed E-state index contributed by atoms with van der Waals surface area (Å²) >= 11 is 0. The summed E-state index contributed by atoms with van der Waals surface area (Å²) in [6.07, 6.45) is 5.11. The summed E-state index contributed by atoms with van der Waals surface area (Å²) in [5, 5.41) is 3.81. The molecule has 2 fully saturated rings. The van der Waals surface area contributed by atoms with Crippen molar-refractivity contribution >= 4 is 22.7 Å². The van der Waals surface area contributed by atoms with Crippen LogP contribution in [0.25, 0.3) is 11.0 Å². The normalized spacial score (nSPS) is 18.6. The molecule has 0 radical (unpaired) electrons. The summed E-state index contributed by atoms with van der Waals surface area (Å²) in [5.74, 6) is 0. The minimum atomic E-state index is -0.304. The van der Waals surface area contributed by atoms with Gasteiger partial charge in [0.2, 0.25) is 0 Å². The Morgan fingerprint density at radius 3 is 2.52 bits per heavy atom. The highest BCUT2D eigenvalue weighted by Gasteiger charge is 2.16. The van der Waals surface area contributed by atoms with Gasteiger partial charge in [0.05, 0.1) is 13.2 Å². The van der Waals surface area contributed by atoms with E-state index in [1.54, 1.807) is 6.07 Å². The largest absolute Gasteiger partial charge is 0.422 e. The van der Waals surface area contributed by atoms with Crippen molar-refractivity contribution in [3.05, 3.63) is 40.2 Å². The SMILES string of the molecule is O=C(Nc1ccc2cc(CCN3CCOCC3)c(=O)oc2c1)N1CCCCCC1. The Balaban J connectivity index is 1.43. The molecule has 0 atom stereocenters. The van der Waals surface area contributed by atoms with E-state index in [-0.39, 0.29) is 11.7 Å². The number of hydrogen-bond acceptors (Lipinski definition) is 5. The topological polar surface area (TPSA) is 75.0 Å². The van der Waals surface area contributed by atoms with Crippen molar-refractivity contribution in [1.29, 1.82) is 0 Å². The first-order valence-corrected chi connectivity index (χ1v) is 10.6. The van der Waals surface area contributed by atoms with Crippen molar-refractivity contribution in [1.82, 2.24) is 9.80 Å². The van der Waals surface area contributed by atoms with Crippen LogP contribution in [0.15, 0.2) is 33.5 Å². The van der Waals surface area contributed by atoms with E-state index >= 15 is 0 Å². The van der Waals surface area contributed by atoms with Crippen LogP contribution in [-0.2, 0) is 11.2 Å². The lowest BCUT2D eigenvalue weighted by molar-refractivity contribution is 0.0384. The monoisotopic (exact) mass is 399 g/mol. The molecule has 2 aliphatic rings. The average Bonchev–Trinajstić information content (AvgIpc) is 3.03. The van der Waals surface area contributed by atoms with E-state index in [0.717, 1.165) is 64.2 Å². The standard InChI is InChI=1S/C22H29N3O4/c26-21-18(7-10-24-11-13-28-14-12-24)15-17-5-6-19(16-20(17)29-21)23-22(27)25-8-3-1-2-4-9-25/h5-6,15-16H,1-4,7-14H2,(H,23,27). The highest BCUT2D eigenvalue weighted by Crippen LogP contribution is 2.20. The molecule has 156 valence electrons. The molecule has 1 N–H and O–H groups in total. The molecule has 0 spiro atoms. The van der Waals surface area contributed by atoms with Crippen LogP contribution in [-0.4, -0.2) is 61.8 Å². The number of morpholine rings is 1. The number of rotatable bonds is 4. The molecule has 4 rings (SSSR count). The number of ether oxygens (including phenoxy) is 1. The number of urea groups is 1. The van der Waals surface area contributed by atoms with Gasteiger partial charge in [-0.05, 0) is 37.5 Å². The number of anilines is 1. The van der Waals surface area contributed by atoms with Gasteiger partial charge < -0.3 is 19.4 Å². The van der Waals surface area contributed by atoms with Crippen LogP contribution in [0.2, 0.25) is 0 Å². The van der Waals surface area contributed by atoms with Crippen LogP contribution < -0.4 is 10.9 Å². The third kappa shape index (κ3) is 5.16. The van der Waals surface area contributed by atoms with Gasteiger partial charge in [-0.3, -0.25) is 4.90 Å². The minimum absolute atomic E-state index is 0.0873. The number of benzene rings is 1. The second kappa shape index (κ2) is 9.41. The average molecular weight is 399 g/mol. The number of likely N-dealkylation sites (tertiary alicyclic amines) is 1. The highest BCUT2D eigenvalue weighted by atomic mass is 16.5. The summed E-state index contributed by atoms with van der Waals surface area (Å²) in [6.45, 7) is 5.71. The maximum Gasteiger partial charge on any atom is 0.339 e. The summed E-state index contributed by atoms with van der Waals surface area (Å²) in [7, 11) is 0. The zero-order chi connectivity index (χ0) is 20.1. The summed E-state index contributed by atoms with van der Waals surface area (Å²) < 4.78 is 10.9. The van der Waals surface area contributed by atoms with Crippen LogP contribution in [0.1, 0.15) is 31.2 Å². The first kappa shape index (κ1) is 19.9. The molecule has 7 heteroatoms. The zero-order valence-electron chi connectivity index (χ0n) is 16.8. The molecule has 2 aromatic rings. The predicted molar refractivity (Wildman–Crippen MR) is 113 cm³/mol. The molecule has 7 nitrogen and oxygen atoms in total. The predicted octanol–water partition coefficient (Wildman–Crippen LogP) is 3.08. The Hall–Kier alpha value is -2.38. The van der Waals surface area contributed by atoms with Crippen molar-refractivity contribution in [3.8, 4) is 0 Å². The molecule has 0 bridgehead atoms. The smallest absolute Gasteiger partial charge is 0.339 e. The number of fused-ring (bicyclic) bond motifs is 1. The zero-order valence-corrected chi connectivity index (χ0v) is 16.8. The molecule has 1 aromatic heterocycles. The van der Waals surface area contributed by atoms with Crippen molar-refractivity contribution in [3.63, 3.8) is 0 Å². The second-order valence-corrected chi connectivity index (χ2v) is 7.85. The lowest BCUT2D eigenvalue weighted by atomic mass is 10.1. The lowest BCUT2D eigenvalue weighted by Crippen LogP contribution is -2.37. The van der Waals surface area contributed by atoms with Gasteiger partial charge in [-0.15, -0.1) is 0 Å². The first-order chi connectivity index (χ1) is 14.2. The quantitative estimate of drug-likeness (QED) is 0.800. The van der Waals surface area contributed by atoms with E-state index in [9.17, 15) is 9.59 Å². The lowest BCUT2D eigenvalue weighted by Gasteiger charge is -2.26. The Bertz CT molecular complexity index is 897. The molecule has 0 saturated carbocycles. The third-order valence-corrected chi connectivity index (χ3v) is 5.75. The van der Waals surface area contributed by atoms with Crippen LogP contribution in [0.4, 0.5) is 10.5 Å². The molecule has 2 saturated heterocycles. The van der Waals surface area contributed by atoms with E-state index in [0.29, 0.717) is 23.3 Å². The van der Waals surface area contributed by atoms with Gasteiger partial charge in [-0.2, -0.15) is 0 Å². The van der Waals surface area contributed by atoms with Crippen LogP contribution in [0.3, 0.4) is 0 Å². The van der Waals surface area contributed by atoms with Crippen LogP contribution in [0, 0.1) is 0 Å². The van der Waals surface area contributed by atoms with Gasteiger partial charge in [-0.25, -0.2) is 9.59 Å². The summed E-state index contributed by atoms with van der Waals surface area (Å²) in [5.41, 5.74) is 1.53. The Morgan fingerprint density at radius 2 is 1.76 bits per heavy atom. The van der Waals surface area contributed by atoms with Crippen molar-refractivity contribution in [2.45, 2.75) is 32.1 Å². The molecule has 3 heterocycles. The summed E-state index contributed by atoms with van der Waals surface area (Å²) in [4.78, 5) is 29.1. The summed E-state index contributed by atoms with van der Waals surface area (Å²) in [6, 6.07) is 7.31. The number of nitrogens with one attached hydrogen (secondary N) is 1. The van der Waals surface area contributed by atoms with Crippen LogP contribution in [0.5, 0.6) is 0 Å². The van der Waals surface area contributed by atoms with Crippen molar-refractivity contribution < 1.29 is 13.9 Å². The fraction of sp³-hybridized carbons (Fsp3) is 0.545. The van der Waals surface area contributed by atoms with E-state index in [2.05, 4.69) is 10.2 Å². The fourth-order valence-corrected chi connectivity index (χ4v) is 3.99. The molecular weight excluding hydrogens is 370 g/mol. The van der Waals surface area contributed by atoms with Crippen molar-refractivity contribution in [2.24, 2.45) is 0 Å². The molecule has 2 amide bonds. The molecule has 1 aromatic carbocycles. The third-order valence-electron chi connectivity index (χ3n) is 5.75. The molecule has 2 aliphatic heterocycles. The minimum Gasteiger partial charge on any atom is -0.422 e. The van der Waals surface area contributed by atoms with E-state index < -0.39 is 0 Å². The van der Waals surface area contributed by atoms with Gasteiger partial charge in [0.1, 0.15) is 5.58 Å². The van der Waals surface area contributed by atoms with Gasteiger partial charge in [0.15, 0.2) is 0 Å². The Kier molecular flexibility index (Phi) is 6.46. The fourth-order valence-electron chi connectivity index (χ4n) is 3.99. The Labute approximate surface area is 170 Å². The highest BCUT2D eigenvalue weighted by molar-refractivity contribution is 5.92. The molecule has 0 aliphatic carbocycles. The van der Waals surface area contributed by atoms with E-state index in [4.69, 9.17) is 9.15 Å². The Morgan fingerprint density at radius 1 is 1.00 bits per heavy atom. The maximum atomic E-state index is 12.5. The number of carbonyl (C=O) groups excluding carboxylic acids is 1. The van der Waals surface area contributed by atoms with Crippen molar-refractivity contribution in [2.75, 3.05) is 51.3 Å². The van der Waals surface area contributed by atoms with Gasteiger partial charge in [-0.1, -0.05) is 12.8 Å². The number of nitrogens with zero attached hydrogens (tertiary/aromatic N) is 2. The second-order valence-electron chi connectivity index (χ2n) is 7.85. The molecular formula is C22H29N3O4. The van der Waals surface area contributed by atoms with Crippen LogP contribution >= 0.6 is 0 Å².